The van der Waals surface area contributed by atoms with E-state index in [4.69, 9.17) is 9.47 Å². The number of amides is 1. The van der Waals surface area contributed by atoms with Crippen LogP contribution in [-0.4, -0.2) is 62.1 Å². The Morgan fingerprint density at radius 2 is 1.73 bits per heavy atom. The van der Waals surface area contributed by atoms with E-state index in [9.17, 15) is 13.2 Å². The first-order chi connectivity index (χ1) is 14.4. The fourth-order valence-corrected chi connectivity index (χ4v) is 4.75. The van der Waals surface area contributed by atoms with Crippen LogP contribution in [0.3, 0.4) is 0 Å². The van der Waals surface area contributed by atoms with Crippen molar-refractivity contribution in [3.05, 3.63) is 59.7 Å². The number of carbonyl (C=O) groups is 1. The van der Waals surface area contributed by atoms with Crippen LogP contribution < -0.4 is 9.47 Å². The minimum absolute atomic E-state index is 0.0977. The molecule has 1 amide bonds. The van der Waals surface area contributed by atoms with Gasteiger partial charge in [0.2, 0.25) is 10.0 Å². The Kier molecular flexibility index (Phi) is 5.97. The van der Waals surface area contributed by atoms with Gasteiger partial charge in [-0.05, 0) is 31.0 Å². The average Bonchev–Trinajstić information content (AvgIpc) is 2.96. The third-order valence-corrected chi connectivity index (χ3v) is 6.82. The van der Waals surface area contributed by atoms with Crippen LogP contribution in [0.1, 0.15) is 28.8 Å². The molecule has 0 atom stereocenters. The fourth-order valence-electron chi connectivity index (χ4n) is 3.88. The maximum absolute atomic E-state index is 13.3. The average molecular weight is 431 g/mol. The molecule has 2 heterocycles. The molecule has 0 unspecified atom stereocenters. The number of rotatable bonds is 4. The highest BCUT2D eigenvalue weighted by Crippen LogP contribution is 2.28. The molecule has 0 saturated carbocycles. The lowest BCUT2D eigenvalue weighted by Gasteiger charge is -2.31. The molecule has 8 heteroatoms. The number of ether oxygens (including phenoxy) is 2. The van der Waals surface area contributed by atoms with Crippen molar-refractivity contribution in [2.75, 3.05) is 32.5 Å². The normalized spacial score (nSPS) is 18.2. The number of hydrogen-bond donors (Lipinski definition) is 0. The van der Waals surface area contributed by atoms with Gasteiger partial charge in [0, 0.05) is 25.2 Å². The van der Waals surface area contributed by atoms with Crippen LogP contribution in [0, 0.1) is 0 Å². The van der Waals surface area contributed by atoms with Crippen molar-refractivity contribution >= 4 is 15.9 Å². The van der Waals surface area contributed by atoms with Gasteiger partial charge in [-0.1, -0.05) is 30.3 Å². The molecular formula is C22H26N2O5S. The maximum atomic E-state index is 13.3. The third kappa shape index (κ3) is 4.60. The van der Waals surface area contributed by atoms with Gasteiger partial charge in [0.25, 0.3) is 5.91 Å². The molecule has 1 fully saturated rings. The second kappa shape index (κ2) is 8.65. The SMILES string of the molecule is CS(=O)(=O)N1CCC(Oc2ccccc2C(=O)N2CCOc3ccccc3C2)CC1. The van der Waals surface area contributed by atoms with Gasteiger partial charge < -0.3 is 14.4 Å². The van der Waals surface area contributed by atoms with E-state index >= 15 is 0 Å². The number of nitrogens with zero attached hydrogens (tertiary/aromatic N) is 2. The molecule has 0 aliphatic carbocycles. The van der Waals surface area contributed by atoms with Crippen molar-refractivity contribution in [2.45, 2.75) is 25.5 Å². The Bertz CT molecular complexity index is 1020. The Morgan fingerprint density at radius 1 is 1.03 bits per heavy atom. The highest BCUT2D eigenvalue weighted by atomic mass is 32.2. The zero-order valence-corrected chi connectivity index (χ0v) is 17.8. The van der Waals surface area contributed by atoms with Crippen LogP contribution in [0.4, 0.5) is 0 Å². The van der Waals surface area contributed by atoms with E-state index in [2.05, 4.69) is 0 Å². The molecule has 0 bridgehead atoms. The van der Waals surface area contributed by atoms with Crippen molar-refractivity contribution in [3.63, 3.8) is 0 Å². The lowest BCUT2D eigenvalue weighted by Crippen LogP contribution is -2.41. The summed E-state index contributed by atoms with van der Waals surface area (Å²) in [5.41, 5.74) is 1.50. The first kappa shape index (κ1) is 20.7. The smallest absolute Gasteiger partial charge is 0.258 e. The standard InChI is InChI=1S/C22H26N2O5S/c1-30(26,27)24-12-10-18(11-13-24)29-21-9-5-3-7-19(21)22(25)23-14-15-28-20-8-4-2-6-17(20)16-23/h2-9,18H,10-16H2,1H3. The summed E-state index contributed by atoms with van der Waals surface area (Å²) in [6, 6.07) is 15.0. The Hall–Kier alpha value is -2.58. The predicted octanol–water partition coefficient (Wildman–Crippen LogP) is 2.52. The third-order valence-electron chi connectivity index (χ3n) is 5.52. The highest BCUT2D eigenvalue weighted by Gasteiger charge is 2.28. The van der Waals surface area contributed by atoms with Crippen molar-refractivity contribution in [3.8, 4) is 11.5 Å². The molecule has 4 rings (SSSR count). The van der Waals surface area contributed by atoms with Crippen LogP contribution in [0.2, 0.25) is 0 Å². The quantitative estimate of drug-likeness (QED) is 0.745. The van der Waals surface area contributed by atoms with Crippen LogP contribution in [0.15, 0.2) is 48.5 Å². The minimum Gasteiger partial charge on any atom is -0.491 e. The van der Waals surface area contributed by atoms with Gasteiger partial charge in [0.15, 0.2) is 0 Å². The molecular weight excluding hydrogens is 404 g/mol. The Morgan fingerprint density at radius 3 is 2.50 bits per heavy atom. The molecule has 2 aliphatic heterocycles. The van der Waals surface area contributed by atoms with Gasteiger partial charge in [-0.15, -0.1) is 0 Å². The van der Waals surface area contributed by atoms with E-state index in [1.165, 1.54) is 10.6 Å². The molecule has 7 nitrogen and oxygen atoms in total. The molecule has 2 aromatic carbocycles. The first-order valence-electron chi connectivity index (χ1n) is 10.1. The van der Waals surface area contributed by atoms with Gasteiger partial charge in [-0.3, -0.25) is 4.79 Å². The lowest BCUT2D eigenvalue weighted by molar-refractivity contribution is 0.0721. The second-order valence-electron chi connectivity index (χ2n) is 7.66. The molecule has 0 N–H and O–H groups in total. The highest BCUT2D eigenvalue weighted by molar-refractivity contribution is 7.88. The van der Waals surface area contributed by atoms with Crippen LogP contribution in [0.5, 0.6) is 11.5 Å². The van der Waals surface area contributed by atoms with Crippen molar-refractivity contribution in [1.29, 1.82) is 0 Å². The van der Waals surface area contributed by atoms with Crippen molar-refractivity contribution in [1.82, 2.24) is 9.21 Å². The molecule has 30 heavy (non-hydrogen) atoms. The second-order valence-corrected chi connectivity index (χ2v) is 9.64. The molecule has 160 valence electrons. The van der Waals surface area contributed by atoms with Gasteiger partial charge >= 0.3 is 0 Å². The maximum Gasteiger partial charge on any atom is 0.258 e. The summed E-state index contributed by atoms with van der Waals surface area (Å²) in [5.74, 6) is 1.26. The summed E-state index contributed by atoms with van der Waals surface area (Å²) in [5, 5.41) is 0. The fraction of sp³-hybridized carbons (Fsp3) is 0.409. The number of sulfonamides is 1. The van der Waals surface area contributed by atoms with Gasteiger partial charge in [-0.2, -0.15) is 0 Å². The van der Waals surface area contributed by atoms with Gasteiger partial charge in [0.05, 0.1) is 18.4 Å². The zero-order chi connectivity index (χ0) is 21.1. The van der Waals surface area contributed by atoms with E-state index in [0.717, 1.165) is 11.3 Å². The summed E-state index contributed by atoms with van der Waals surface area (Å²) in [4.78, 5) is 15.1. The van der Waals surface area contributed by atoms with Crippen LogP contribution in [-0.2, 0) is 16.6 Å². The van der Waals surface area contributed by atoms with Crippen molar-refractivity contribution < 1.29 is 22.7 Å². The van der Waals surface area contributed by atoms with Crippen LogP contribution >= 0.6 is 0 Å². The Balaban J connectivity index is 1.48. The van der Waals surface area contributed by atoms with Crippen molar-refractivity contribution in [2.24, 2.45) is 0 Å². The summed E-state index contributed by atoms with van der Waals surface area (Å²) < 4.78 is 36.8. The monoisotopic (exact) mass is 430 g/mol. The zero-order valence-electron chi connectivity index (χ0n) is 17.0. The van der Waals surface area contributed by atoms with E-state index in [1.807, 2.05) is 36.4 Å². The summed E-state index contributed by atoms with van der Waals surface area (Å²) in [6.45, 7) is 2.28. The summed E-state index contributed by atoms with van der Waals surface area (Å²) >= 11 is 0. The largest absolute Gasteiger partial charge is 0.491 e. The van der Waals surface area contributed by atoms with E-state index < -0.39 is 10.0 Å². The first-order valence-corrected chi connectivity index (χ1v) is 12.0. The van der Waals surface area contributed by atoms with E-state index in [1.54, 1.807) is 17.0 Å². The molecule has 1 saturated heterocycles. The topological polar surface area (TPSA) is 76.2 Å². The van der Waals surface area contributed by atoms with Gasteiger partial charge in [-0.25, -0.2) is 12.7 Å². The number of benzene rings is 2. The number of hydrogen-bond acceptors (Lipinski definition) is 5. The van der Waals surface area contributed by atoms with Crippen LogP contribution in [0.25, 0.3) is 0 Å². The molecule has 0 radical (unpaired) electrons. The number of fused-ring (bicyclic) bond motifs is 1. The molecule has 0 spiro atoms. The predicted molar refractivity (Wildman–Crippen MR) is 113 cm³/mol. The number of carbonyl (C=O) groups excluding carboxylic acids is 1. The minimum atomic E-state index is -3.18. The summed E-state index contributed by atoms with van der Waals surface area (Å²) in [7, 11) is -3.18. The Labute approximate surface area is 177 Å². The number of para-hydroxylation sites is 2. The molecule has 2 aliphatic rings. The van der Waals surface area contributed by atoms with Gasteiger partial charge in [0.1, 0.15) is 24.2 Å². The van der Waals surface area contributed by atoms with E-state index in [-0.39, 0.29) is 12.0 Å². The summed E-state index contributed by atoms with van der Waals surface area (Å²) in [6.07, 6.45) is 2.30. The molecule has 0 aromatic heterocycles. The molecule has 2 aromatic rings. The lowest BCUT2D eigenvalue weighted by atomic mass is 10.1. The number of piperidine rings is 1. The van der Waals surface area contributed by atoms with E-state index in [0.29, 0.717) is 56.9 Å².